The van der Waals surface area contributed by atoms with E-state index in [9.17, 15) is 18.8 Å². The van der Waals surface area contributed by atoms with Gasteiger partial charge >= 0.3 is 0 Å². The standard InChI is InChI=1S/C21H19F2N3O/c1-14-10-20(26-8-2-3-9-26)19(23)12-15(14)11-16(13-24)21(27)25-18-6-4-17(22)5-7-18/h4-7,10-12H,2-3,8-9H2,1H3,(H,25,27)/b16-11-. The highest BCUT2D eigenvalue weighted by Gasteiger charge is 2.18. The van der Waals surface area contributed by atoms with Gasteiger partial charge in [-0.3, -0.25) is 4.79 Å². The van der Waals surface area contributed by atoms with Crippen LogP contribution in [0.3, 0.4) is 0 Å². The molecule has 0 aliphatic carbocycles. The van der Waals surface area contributed by atoms with Crippen LogP contribution < -0.4 is 10.2 Å². The summed E-state index contributed by atoms with van der Waals surface area (Å²) < 4.78 is 27.5. The van der Waals surface area contributed by atoms with E-state index in [1.165, 1.54) is 36.4 Å². The van der Waals surface area contributed by atoms with Gasteiger partial charge in [-0.15, -0.1) is 0 Å². The molecular formula is C21H19F2N3O. The number of amides is 1. The van der Waals surface area contributed by atoms with Crippen LogP contribution in [0.1, 0.15) is 24.0 Å². The molecule has 4 nitrogen and oxygen atoms in total. The smallest absolute Gasteiger partial charge is 0.266 e. The third-order valence-electron chi connectivity index (χ3n) is 4.55. The zero-order chi connectivity index (χ0) is 19.4. The average molecular weight is 367 g/mol. The second-order valence-electron chi connectivity index (χ2n) is 6.49. The molecule has 2 aromatic rings. The van der Waals surface area contributed by atoms with Crippen LogP contribution in [-0.2, 0) is 4.79 Å². The summed E-state index contributed by atoms with van der Waals surface area (Å²) in [6.45, 7) is 3.47. The molecule has 1 heterocycles. The minimum atomic E-state index is -0.632. The number of carbonyl (C=O) groups excluding carboxylic acids is 1. The van der Waals surface area contributed by atoms with E-state index in [2.05, 4.69) is 5.32 Å². The summed E-state index contributed by atoms with van der Waals surface area (Å²) in [5, 5.41) is 11.9. The molecule has 2 aromatic carbocycles. The molecule has 1 fully saturated rings. The molecule has 0 atom stereocenters. The molecule has 1 amide bonds. The maximum absolute atomic E-state index is 14.5. The van der Waals surface area contributed by atoms with Crippen molar-refractivity contribution < 1.29 is 13.6 Å². The quantitative estimate of drug-likeness (QED) is 0.643. The van der Waals surface area contributed by atoms with E-state index in [0.717, 1.165) is 31.5 Å². The van der Waals surface area contributed by atoms with Crippen molar-refractivity contribution in [1.29, 1.82) is 5.26 Å². The summed E-state index contributed by atoms with van der Waals surface area (Å²) in [5.74, 6) is -1.43. The first kappa shape index (κ1) is 18.6. The van der Waals surface area contributed by atoms with Gasteiger partial charge in [-0.1, -0.05) is 0 Å². The number of nitrogens with one attached hydrogen (secondary N) is 1. The lowest BCUT2D eigenvalue weighted by Crippen LogP contribution is -2.19. The number of nitrogens with zero attached hydrogens (tertiary/aromatic N) is 2. The molecule has 0 saturated carbocycles. The van der Waals surface area contributed by atoms with Crippen molar-refractivity contribution >= 4 is 23.4 Å². The van der Waals surface area contributed by atoms with Crippen LogP contribution in [0.15, 0.2) is 42.0 Å². The summed E-state index contributed by atoms with van der Waals surface area (Å²) in [6.07, 6.45) is 3.45. The lowest BCUT2D eigenvalue weighted by molar-refractivity contribution is -0.112. The van der Waals surface area contributed by atoms with Crippen molar-refractivity contribution in [3.8, 4) is 6.07 Å². The van der Waals surface area contributed by atoms with E-state index >= 15 is 0 Å². The van der Waals surface area contributed by atoms with Gasteiger partial charge in [-0.25, -0.2) is 8.78 Å². The minimum absolute atomic E-state index is 0.157. The van der Waals surface area contributed by atoms with E-state index in [1.54, 1.807) is 6.07 Å². The van der Waals surface area contributed by atoms with Gasteiger partial charge in [0.15, 0.2) is 0 Å². The molecule has 27 heavy (non-hydrogen) atoms. The van der Waals surface area contributed by atoms with Gasteiger partial charge in [0.2, 0.25) is 0 Å². The van der Waals surface area contributed by atoms with E-state index in [1.807, 2.05) is 17.9 Å². The molecule has 0 aromatic heterocycles. The first-order valence-corrected chi connectivity index (χ1v) is 8.72. The van der Waals surface area contributed by atoms with E-state index in [-0.39, 0.29) is 11.4 Å². The largest absolute Gasteiger partial charge is 0.369 e. The van der Waals surface area contributed by atoms with Crippen molar-refractivity contribution in [2.24, 2.45) is 0 Å². The number of nitriles is 1. The summed E-state index contributed by atoms with van der Waals surface area (Å²) >= 11 is 0. The predicted molar refractivity (Wildman–Crippen MR) is 101 cm³/mol. The minimum Gasteiger partial charge on any atom is -0.369 e. The number of hydrogen-bond donors (Lipinski definition) is 1. The van der Waals surface area contributed by atoms with E-state index in [0.29, 0.717) is 16.9 Å². The highest BCUT2D eigenvalue weighted by molar-refractivity contribution is 6.09. The number of aryl methyl sites for hydroxylation is 1. The number of rotatable bonds is 4. The monoisotopic (exact) mass is 367 g/mol. The molecule has 6 heteroatoms. The third-order valence-corrected chi connectivity index (χ3v) is 4.55. The first-order chi connectivity index (χ1) is 13.0. The van der Waals surface area contributed by atoms with Crippen molar-refractivity contribution in [2.75, 3.05) is 23.3 Å². The normalized spacial score (nSPS) is 14.1. The van der Waals surface area contributed by atoms with Gasteiger partial charge < -0.3 is 10.2 Å². The molecule has 138 valence electrons. The fraction of sp³-hybridized carbons (Fsp3) is 0.238. The zero-order valence-electron chi connectivity index (χ0n) is 14.9. The number of halogens is 2. The van der Waals surface area contributed by atoms with Crippen molar-refractivity contribution in [1.82, 2.24) is 0 Å². The summed E-state index contributed by atoms with van der Waals surface area (Å²) in [4.78, 5) is 14.3. The number of anilines is 2. The Hall–Kier alpha value is -3.20. The van der Waals surface area contributed by atoms with Crippen LogP contribution in [0.5, 0.6) is 0 Å². The topological polar surface area (TPSA) is 56.1 Å². The Morgan fingerprint density at radius 3 is 2.48 bits per heavy atom. The number of hydrogen-bond acceptors (Lipinski definition) is 3. The Kier molecular flexibility index (Phi) is 5.51. The zero-order valence-corrected chi connectivity index (χ0v) is 14.9. The Labute approximate surface area is 156 Å². The average Bonchev–Trinajstić information content (AvgIpc) is 3.18. The van der Waals surface area contributed by atoms with Gasteiger partial charge in [0.1, 0.15) is 23.3 Å². The molecule has 3 rings (SSSR count). The maximum Gasteiger partial charge on any atom is 0.266 e. The van der Waals surface area contributed by atoms with E-state index in [4.69, 9.17) is 0 Å². The van der Waals surface area contributed by atoms with Gasteiger partial charge in [0, 0.05) is 18.8 Å². The Morgan fingerprint density at radius 2 is 1.85 bits per heavy atom. The van der Waals surface area contributed by atoms with Crippen molar-refractivity contribution in [3.05, 3.63) is 64.7 Å². The van der Waals surface area contributed by atoms with Crippen LogP contribution in [0.2, 0.25) is 0 Å². The summed E-state index contributed by atoms with van der Waals surface area (Å²) in [6, 6.07) is 10.2. The van der Waals surface area contributed by atoms with Gasteiger partial charge in [-0.05, 0) is 73.4 Å². The predicted octanol–water partition coefficient (Wildman–Crippen LogP) is 4.42. The Morgan fingerprint density at radius 1 is 1.19 bits per heavy atom. The number of benzene rings is 2. The first-order valence-electron chi connectivity index (χ1n) is 8.72. The SMILES string of the molecule is Cc1cc(N2CCCC2)c(F)cc1/C=C(/C#N)C(=O)Nc1ccc(F)cc1. The maximum atomic E-state index is 14.5. The molecule has 0 bridgehead atoms. The van der Waals surface area contributed by atoms with Gasteiger partial charge in [0.05, 0.1) is 5.69 Å². The molecule has 0 radical (unpaired) electrons. The molecule has 0 unspecified atom stereocenters. The summed E-state index contributed by atoms with van der Waals surface area (Å²) in [5.41, 5.74) is 2.02. The van der Waals surface area contributed by atoms with Crippen LogP contribution in [0, 0.1) is 29.9 Å². The molecule has 1 saturated heterocycles. The Balaban J connectivity index is 1.84. The van der Waals surface area contributed by atoms with Crippen LogP contribution in [0.4, 0.5) is 20.2 Å². The van der Waals surface area contributed by atoms with Gasteiger partial charge in [-0.2, -0.15) is 5.26 Å². The van der Waals surface area contributed by atoms with Gasteiger partial charge in [0.25, 0.3) is 5.91 Å². The molecule has 0 spiro atoms. The second kappa shape index (κ2) is 8.00. The molecule has 1 N–H and O–H groups in total. The Bertz CT molecular complexity index is 924. The van der Waals surface area contributed by atoms with E-state index < -0.39 is 11.7 Å². The van der Waals surface area contributed by atoms with Crippen LogP contribution in [0.25, 0.3) is 6.08 Å². The number of carbonyl (C=O) groups is 1. The second-order valence-corrected chi connectivity index (χ2v) is 6.49. The highest BCUT2D eigenvalue weighted by atomic mass is 19.1. The summed E-state index contributed by atoms with van der Waals surface area (Å²) in [7, 11) is 0. The van der Waals surface area contributed by atoms with Crippen molar-refractivity contribution in [3.63, 3.8) is 0 Å². The fourth-order valence-corrected chi connectivity index (χ4v) is 3.07. The molecule has 1 aliphatic heterocycles. The lowest BCUT2D eigenvalue weighted by atomic mass is 10.0. The van der Waals surface area contributed by atoms with Crippen LogP contribution in [-0.4, -0.2) is 19.0 Å². The highest BCUT2D eigenvalue weighted by Crippen LogP contribution is 2.28. The lowest BCUT2D eigenvalue weighted by Gasteiger charge is -2.19. The third kappa shape index (κ3) is 4.32. The van der Waals surface area contributed by atoms with Crippen molar-refractivity contribution in [2.45, 2.75) is 19.8 Å². The molecule has 1 aliphatic rings. The fourth-order valence-electron chi connectivity index (χ4n) is 3.07. The molecular weight excluding hydrogens is 348 g/mol. The van der Waals surface area contributed by atoms with Crippen LogP contribution >= 0.6 is 0 Å².